The van der Waals surface area contributed by atoms with Crippen LogP contribution in [-0.4, -0.2) is 24.0 Å². The average Bonchev–Trinajstić information content (AvgIpc) is 2.39. The van der Waals surface area contributed by atoms with E-state index in [0.717, 1.165) is 28.7 Å². The number of hydrogen-bond donors (Lipinski definition) is 0. The predicted octanol–water partition coefficient (Wildman–Crippen LogP) is 4.14. The SMILES string of the molecule is CC(=Nc1ccccc1O[Si](C)(C)C)c1ccnc(C)n1. The Morgan fingerprint density at radius 2 is 1.86 bits per heavy atom. The molecule has 2 rings (SSSR count). The summed E-state index contributed by atoms with van der Waals surface area (Å²) in [4.78, 5) is 13.2. The van der Waals surface area contributed by atoms with Gasteiger partial charge >= 0.3 is 0 Å². The molecule has 4 nitrogen and oxygen atoms in total. The lowest BCUT2D eigenvalue weighted by Crippen LogP contribution is -2.29. The number of hydrogen-bond acceptors (Lipinski definition) is 4. The van der Waals surface area contributed by atoms with E-state index < -0.39 is 8.32 Å². The van der Waals surface area contributed by atoms with Gasteiger partial charge in [0.2, 0.25) is 8.32 Å². The minimum Gasteiger partial charge on any atom is -0.543 e. The summed E-state index contributed by atoms with van der Waals surface area (Å²) in [6.45, 7) is 10.3. The van der Waals surface area contributed by atoms with Crippen LogP contribution >= 0.6 is 0 Å². The van der Waals surface area contributed by atoms with Crippen molar-refractivity contribution in [2.75, 3.05) is 0 Å². The third-order valence-corrected chi connectivity index (χ3v) is 3.55. The molecule has 0 aliphatic carbocycles. The Kier molecular flexibility index (Phi) is 4.52. The van der Waals surface area contributed by atoms with E-state index in [2.05, 4.69) is 34.6 Å². The third kappa shape index (κ3) is 4.49. The van der Waals surface area contributed by atoms with Gasteiger partial charge in [0.15, 0.2) is 0 Å². The van der Waals surface area contributed by atoms with Gasteiger partial charge in [-0.3, -0.25) is 0 Å². The minimum atomic E-state index is -1.66. The topological polar surface area (TPSA) is 47.4 Å². The van der Waals surface area contributed by atoms with Gasteiger partial charge in [0, 0.05) is 6.20 Å². The minimum absolute atomic E-state index is 0.744. The summed E-state index contributed by atoms with van der Waals surface area (Å²) in [7, 11) is -1.66. The maximum absolute atomic E-state index is 6.09. The van der Waals surface area contributed by atoms with Crippen molar-refractivity contribution in [1.82, 2.24) is 9.97 Å². The fourth-order valence-corrected chi connectivity index (χ4v) is 2.69. The van der Waals surface area contributed by atoms with E-state index in [-0.39, 0.29) is 0 Å². The van der Waals surface area contributed by atoms with Gasteiger partial charge in [-0.25, -0.2) is 15.0 Å². The van der Waals surface area contributed by atoms with Crippen molar-refractivity contribution in [3.05, 3.63) is 48.0 Å². The molecule has 0 radical (unpaired) electrons. The van der Waals surface area contributed by atoms with Crippen molar-refractivity contribution in [2.45, 2.75) is 33.5 Å². The number of aromatic nitrogens is 2. The molecule has 0 atom stereocenters. The Morgan fingerprint density at radius 1 is 1.14 bits per heavy atom. The Hall–Kier alpha value is -2.01. The fourth-order valence-electron chi connectivity index (χ4n) is 1.86. The zero-order chi connectivity index (χ0) is 15.5. The Morgan fingerprint density at radius 3 is 2.52 bits per heavy atom. The molecule has 0 bridgehead atoms. The molecule has 5 heteroatoms. The molecule has 0 aliphatic rings. The van der Waals surface area contributed by atoms with Crippen LogP contribution < -0.4 is 4.43 Å². The second-order valence-electron chi connectivity index (χ2n) is 5.87. The maximum Gasteiger partial charge on any atom is 0.242 e. The molecule has 0 N–H and O–H groups in total. The Labute approximate surface area is 127 Å². The van der Waals surface area contributed by atoms with Gasteiger partial charge in [0.1, 0.15) is 17.3 Å². The van der Waals surface area contributed by atoms with Crippen molar-refractivity contribution < 1.29 is 4.43 Å². The molecule has 21 heavy (non-hydrogen) atoms. The fraction of sp³-hybridized carbons (Fsp3) is 0.312. The summed E-state index contributed by atoms with van der Waals surface area (Å²) in [5.41, 5.74) is 2.53. The summed E-state index contributed by atoms with van der Waals surface area (Å²) in [6, 6.07) is 9.74. The Balaban J connectivity index is 2.36. The van der Waals surface area contributed by atoms with Crippen molar-refractivity contribution in [2.24, 2.45) is 4.99 Å². The highest BCUT2D eigenvalue weighted by molar-refractivity contribution is 6.70. The quantitative estimate of drug-likeness (QED) is 0.629. The summed E-state index contributed by atoms with van der Waals surface area (Å²) in [5, 5.41) is 0. The lowest BCUT2D eigenvalue weighted by molar-refractivity contribution is 0.559. The van der Waals surface area contributed by atoms with Crippen LogP contribution in [-0.2, 0) is 0 Å². The molecule has 1 heterocycles. The van der Waals surface area contributed by atoms with Gasteiger partial charge in [-0.1, -0.05) is 12.1 Å². The second kappa shape index (κ2) is 6.18. The van der Waals surface area contributed by atoms with E-state index in [0.29, 0.717) is 0 Å². The number of aliphatic imine (C=N–C) groups is 1. The van der Waals surface area contributed by atoms with E-state index >= 15 is 0 Å². The van der Waals surface area contributed by atoms with Crippen molar-refractivity contribution in [3.8, 4) is 5.75 Å². The smallest absolute Gasteiger partial charge is 0.242 e. The third-order valence-electron chi connectivity index (χ3n) is 2.72. The van der Waals surface area contributed by atoms with Gasteiger partial charge in [-0.15, -0.1) is 0 Å². The number of aryl methyl sites for hydroxylation is 1. The standard InChI is InChI=1S/C16H21N3OSi/c1-12(14-10-11-17-13(2)19-14)18-15-8-6-7-9-16(15)20-21(3,4)5/h6-11H,1-5H3. The lowest BCUT2D eigenvalue weighted by atomic mass is 10.2. The average molecular weight is 299 g/mol. The van der Waals surface area contributed by atoms with Crippen LogP contribution in [0.25, 0.3) is 0 Å². The van der Waals surface area contributed by atoms with Crippen LogP contribution in [0.4, 0.5) is 5.69 Å². The molecule has 0 aliphatic heterocycles. The first-order chi connectivity index (χ1) is 9.85. The molecular formula is C16H21N3OSi. The highest BCUT2D eigenvalue weighted by Crippen LogP contribution is 2.29. The normalized spacial score (nSPS) is 12.3. The van der Waals surface area contributed by atoms with Gasteiger partial charge in [-0.2, -0.15) is 0 Å². The van der Waals surface area contributed by atoms with Crippen molar-refractivity contribution in [3.63, 3.8) is 0 Å². The first-order valence-electron chi connectivity index (χ1n) is 6.98. The first-order valence-corrected chi connectivity index (χ1v) is 10.4. The summed E-state index contributed by atoms with van der Waals surface area (Å²) >= 11 is 0. The molecule has 0 saturated heterocycles. The van der Waals surface area contributed by atoms with E-state index in [1.807, 2.05) is 44.2 Å². The first kappa shape index (κ1) is 15.4. The molecule has 1 aromatic heterocycles. The number of rotatable bonds is 4. The van der Waals surface area contributed by atoms with E-state index in [4.69, 9.17) is 4.43 Å². The zero-order valence-corrected chi connectivity index (χ0v) is 14.2. The molecule has 0 amide bonds. The molecule has 0 unspecified atom stereocenters. The molecule has 2 aromatic rings. The highest BCUT2D eigenvalue weighted by atomic mass is 28.4. The number of para-hydroxylation sites is 2. The van der Waals surface area contributed by atoms with Gasteiger partial charge in [-0.05, 0) is 51.7 Å². The van der Waals surface area contributed by atoms with Gasteiger partial charge < -0.3 is 4.43 Å². The molecule has 0 fully saturated rings. The maximum atomic E-state index is 6.09. The molecule has 0 spiro atoms. The number of nitrogens with zero attached hydrogens (tertiary/aromatic N) is 3. The van der Waals surface area contributed by atoms with E-state index in [1.54, 1.807) is 6.20 Å². The summed E-state index contributed by atoms with van der Waals surface area (Å²) in [5.74, 6) is 1.58. The van der Waals surface area contributed by atoms with Crippen LogP contribution in [0.5, 0.6) is 5.75 Å². The molecule has 1 aromatic carbocycles. The Bertz CT molecular complexity index is 663. The second-order valence-corrected chi connectivity index (χ2v) is 10.3. The predicted molar refractivity (Wildman–Crippen MR) is 89.1 cm³/mol. The molecule has 110 valence electrons. The van der Waals surface area contributed by atoms with Crippen molar-refractivity contribution in [1.29, 1.82) is 0 Å². The van der Waals surface area contributed by atoms with E-state index in [9.17, 15) is 0 Å². The van der Waals surface area contributed by atoms with Crippen LogP contribution in [0, 0.1) is 6.92 Å². The summed E-state index contributed by atoms with van der Waals surface area (Å²) < 4.78 is 6.09. The van der Waals surface area contributed by atoms with Crippen LogP contribution in [0.15, 0.2) is 41.5 Å². The lowest BCUT2D eigenvalue weighted by Gasteiger charge is -2.20. The van der Waals surface area contributed by atoms with Gasteiger partial charge in [0.25, 0.3) is 0 Å². The molecule has 0 saturated carbocycles. The largest absolute Gasteiger partial charge is 0.543 e. The monoisotopic (exact) mass is 299 g/mol. The van der Waals surface area contributed by atoms with E-state index in [1.165, 1.54) is 0 Å². The molecular weight excluding hydrogens is 278 g/mol. The van der Waals surface area contributed by atoms with Crippen LogP contribution in [0.3, 0.4) is 0 Å². The number of benzene rings is 1. The zero-order valence-electron chi connectivity index (χ0n) is 13.2. The van der Waals surface area contributed by atoms with Gasteiger partial charge in [0.05, 0.1) is 11.4 Å². The highest BCUT2D eigenvalue weighted by Gasteiger charge is 2.18. The van der Waals surface area contributed by atoms with Crippen molar-refractivity contribution >= 4 is 19.7 Å². The van der Waals surface area contributed by atoms with Crippen LogP contribution in [0.2, 0.25) is 19.6 Å². The van der Waals surface area contributed by atoms with Crippen LogP contribution in [0.1, 0.15) is 18.4 Å². The summed E-state index contributed by atoms with van der Waals surface area (Å²) in [6.07, 6.45) is 1.75.